The number of ether oxygens (including phenoxy) is 1. The quantitative estimate of drug-likeness (QED) is 0.523. The van der Waals surface area contributed by atoms with Crippen LogP contribution in [0.3, 0.4) is 0 Å². The van der Waals surface area contributed by atoms with Crippen molar-refractivity contribution in [1.29, 1.82) is 5.26 Å². The van der Waals surface area contributed by atoms with Crippen molar-refractivity contribution in [2.45, 2.75) is 50.4 Å². The average molecular weight is 392 g/mol. The van der Waals surface area contributed by atoms with Crippen LogP contribution >= 0.6 is 0 Å². The van der Waals surface area contributed by atoms with Crippen LogP contribution in [0, 0.1) is 22.8 Å². The molecule has 1 spiro atoms. The van der Waals surface area contributed by atoms with Crippen molar-refractivity contribution >= 4 is 8.07 Å². The van der Waals surface area contributed by atoms with Gasteiger partial charge in [-0.3, -0.25) is 4.90 Å². The van der Waals surface area contributed by atoms with Crippen LogP contribution in [0.15, 0.2) is 18.2 Å². The summed E-state index contributed by atoms with van der Waals surface area (Å²) < 4.78 is 45.5. The summed E-state index contributed by atoms with van der Waals surface area (Å²) in [7, 11) is -1.41. The zero-order valence-electron chi connectivity index (χ0n) is 15.8. The molecule has 0 bridgehead atoms. The molecule has 1 aromatic rings. The molecule has 7 heteroatoms. The number of hydrogen-bond donors (Lipinski definition) is 0. The Balaban J connectivity index is 1.81. The number of halogens is 3. The molecule has 0 aromatic heterocycles. The van der Waals surface area contributed by atoms with Gasteiger partial charge in [0.05, 0.1) is 23.8 Å². The summed E-state index contributed by atoms with van der Waals surface area (Å²) >= 11 is 0. The van der Waals surface area contributed by atoms with Crippen molar-refractivity contribution in [2.75, 3.05) is 19.6 Å². The van der Waals surface area contributed by atoms with E-state index in [-0.39, 0.29) is 0 Å². The lowest BCUT2D eigenvalue weighted by atomic mass is 9.82. The molecule has 0 N–H and O–H groups in total. The maximum absolute atomic E-state index is 13.2. The van der Waals surface area contributed by atoms with E-state index in [1.54, 1.807) is 0 Å². The second kappa shape index (κ2) is 6.98. The fraction of sp³-hybridized carbons (Fsp3) is 0.550. The first-order chi connectivity index (χ1) is 12.5. The van der Waals surface area contributed by atoms with Crippen molar-refractivity contribution in [3.63, 3.8) is 0 Å². The summed E-state index contributed by atoms with van der Waals surface area (Å²) in [4.78, 5) is 2.20. The average Bonchev–Trinajstić information content (AvgIpc) is 2.88. The van der Waals surface area contributed by atoms with Gasteiger partial charge in [0, 0.05) is 18.7 Å². The van der Waals surface area contributed by atoms with Crippen LogP contribution in [0.1, 0.15) is 35.6 Å². The Labute approximate surface area is 159 Å². The van der Waals surface area contributed by atoms with E-state index < -0.39 is 31.5 Å². The monoisotopic (exact) mass is 392 g/mol. The van der Waals surface area contributed by atoms with E-state index in [9.17, 15) is 18.4 Å². The molecular weight excluding hydrogens is 369 g/mol. The largest absolute Gasteiger partial charge is 0.416 e. The Morgan fingerprint density at radius 1 is 1.26 bits per heavy atom. The van der Waals surface area contributed by atoms with E-state index >= 15 is 0 Å². The first-order valence-electron chi connectivity index (χ1n) is 9.06. The van der Waals surface area contributed by atoms with Gasteiger partial charge >= 0.3 is 6.18 Å². The third kappa shape index (κ3) is 4.21. The molecule has 1 saturated heterocycles. The topological polar surface area (TPSA) is 36.3 Å². The minimum absolute atomic E-state index is 0.525. The van der Waals surface area contributed by atoms with Gasteiger partial charge in [0.15, 0.2) is 6.10 Å². The number of fused-ring (bicyclic) bond motifs is 2. The van der Waals surface area contributed by atoms with E-state index in [0.29, 0.717) is 43.6 Å². The van der Waals surface area contributed by atoms with Gasteiger partial charge in [0.2, 0.25) is 0 Å². The Bertz CT molecular complexity index is 819. The summed E-state index contributed by atoms with van der Waals surface area (Å²) in [5.74, 6) is 3.24. The third-order valence-corrected chi connectivity index (χ3v) is 5.97. The van der Waals surface area contributed by atoms with Gasteiger partial charge in [-0.1, -0.05) is 31.6 Å². The SMILES string of the molecule is C[Si](C)(C)C#CCN1CCC2(CC1)OC(C#N)c1ccc(C(F)(F)F)cc12. The van der Waals surface area contributed by atoms with Gasteiger partial charge in [-0.05, 0) is 30.5 Å². The number of likely N-dealkylation sites (tertiary alicyclic amines) is 1. The highest BCUT2D eigenvalue weighted by molar-refractivity contribution is 6.83. The van der Waals surface area contributed by atoms with Gasteiger partial charge in [-0.2, -0.15) is 18.4 Å². The van der Waals surface area contributed by atoms with Crippen LogP contribution in [0.2, 0.25) is 19.6 Å². The maximum atomic E-state index is 13.2. The second-order valence-corrected chi connectivity index (χ2v) is 13.0. The molecule has 2 heterocycles. The number of nitriles is 1. The number of rotatable bonds is 1. The van der Waals surface area contributed by atoms with Gasteiger partial charge in [0.25, 0.3) is 0 Å². The molecule has 1 unspecified atom stereocenters. The lowest BCUT2D eigenvalue weighted by molar-refractivity contribution is -0.137. The lowest BCUT2D eigenvalue weighted by Gasteiger charge is -2.39. The van der Waals surface area contributed by atoms with Crippen LogP contribution in [0.4, 0.5) is 13.2 Å². The van der Waals surface area contributed by atoms with E-state index in [1.165, 1.54) is 12.1 Å². The van der Waals surface area contributed by atoms with E-state index in [0.717, 1.165) is 6.07 Å². The zero-order chi connectivity index (χ0) is 19.9. The molecule has 3 nitrogen and oxygen atoms in total. The molecule has 2 aliphatic rings. The summed E-state index contributed by atoms with van der Waals surface area (Å²) in [6, 6.07) is 5.68. The molecule has 0 radical (unpaired) electrons. The second-order valence-electron chi connectivity index (χ2n) is 8.25. The Morgan fingerprint density at radius 2 is 1.93 bits per heavy atom. The first kappa shape index (κ1) is 19.9. The van der Waals surface area contributed by atoms with Crippen LogP contribution in [-0.4, -0.2) is 32.6 Å². The molecule has 1 aromatic carbocycles. The molecule has 3 rings (SSSR count). The predicted molar refractivity (Wildman–Crippen MR) is 99.4 cm³/mol. The molecule has 1 fully saturated rings. The minimum Gasteiger partial charge on any atom is -0.347 e. The van der Waals surface area contributed by atoms with Crippen LogP contribution in [0.5, 0.6) is 0 Å². The Morgan fingerprint density at radius 3 is 2.48 bits per heavy atom. The van der Waals surface area contributed by atoms with E-state index in [1.807, 2.05) is 0 Å². The van der Waals surface area contributed by atoms with Crippen LogP contribution in [0.25, 0.3) is 0 Å². The Kier molecular flexibility index (Phi) is 5.15. The van der Waals surface area contributed by atoms with Gasteiger partial charge in [-0.15, -0.1) is 5.54 Å². The molecule has 0 saturated carbocycles. The normalized spacial score (nSPS) is 22.0. The maximum Gasteiger partial charge on any atom is 0.416 e. The Hall–Kier alpha value is -1.80. The fourth-order valence-electron chi connectivity index (χ4n) is 3.68. The number of hydrogen-bond acceptors (Lipinski definition) is 3. The molecule has 1 atom stereocenters. The van der Waals surface area contributed by atoms with Gasteiger partial charge < -0.3 is 4.74 Å². The molecule has 0 aliphatic carbocycles. The number of nitrogens with zero attached hydrogens (tertiary/aromatic N) is 2. The molecular formula is C20H23F3N2OSi. The molecule has 2 aliphatic heterocycles. The standard InChI is InChI=1S/C20H23F3N2OSi/c1-27(2,3)12-4-9-25-10-7-19(8-11-25)17-13-15(20(21,22)23)5-6-16(17)18(14-24)26-19/h5-6,13,18H,7-11H2,1-3H3. The van der Waals surface area contributed by atoms with Crippen LogP contribution < -0.4 is 0 Å². The zero-order valence-corrected chi connectivity index (χ0v) is 16.8. The van der Waals surface area contributed by atoms with Gasteiger partial charge in [0.1, 0.15) is 8.07 Å². The summed E-state index contributed by atoms with van der Waals surface area (Å²) in [6.45, 7) is 8.61. The molecule has 144 valence electrons. The lowest BCUT2D eigenvalue weighted by Crippen LogP contribution is -2.42. The van der Waals surface area contributed by atoms with Crippen molar-refractivity contribution in [3.8, 4) is 17.5 Å². The van der Waals surface area contributed by atoms with Crippen molar-refractivity contribution < 1.29 is 17.9 Å². The minimum atomic E-state index is -4.41. The van der Waals surface area contributed by atoms with Crippen molar-refractivity contribution in [1.82, 2.24) is 4.90 Å². The summed E-state index contributed by atoms with van der Waals surface area (Å²) in [5.41, 5.74) is 2.93. The van der Waals surface area contributed by atoms with E-state index in [4.69, 9.17) is 4.74 Å². The molecule has 0 amide bonds. The highest BCUT2D eigenvalue weighted by Crippen LogP contribution is 2.50. The number of alkyl halides is 3. The number of piperidine rings is 1. The van der Waals surface area contributed by atoms with Crippen molar-refractivity contribution in [2.24, 2.45) is 0 Å². The van der Waals surface area contributed by atoms with Gasteiger partial charge in [-0.25, -0.2) is 0 Å². The van der Waals surface area contributed by atoms with E-state index in [2.05, 4.69) is 42.1 Å². The highest BCUT2D eigenvalue weighted by Gasteiger charge is 2.48. The number of benzene rings is 1. The molecule has 27 heavy (non-hydrogen) atoms. The third-order valence-electron chi connectivity index (χ3n) is 5.04. The van der Waals surface area contributed by atoms with Crippen molar-refractivity contribution in [3.05, 3.63) is 34.9 Å². The highest BCUT2D eigenvalue weighted by atomic mass is 28.3. The first-order valence-corrected chi connectivity index (χ1v) is 12.6. The fourth-order valence-corrected chi connectivity index (χ4v) is 4.29. The predicted octanol–water partition coefficient (Wildman–Crippen LogP) is 4.47. The smallest absolute Gasteiger partial charge is 0.347 e. The summed E-state index contributed by atoms with van der Waals surface area (Å²) in [6.07, 6.45) is -4.09. The summed E-state index contributed by atoms with van der Waals surface area (Å²) in [5, 5.41) is 9.38. The van der Waals surface area contributed by atoms with Crippen LogP contribution in [-0.2, 0) is 16.5 Å².